The van der Waals surface area contributed by atoms with E-state index in [1.807, 2.05) is 0 Å². The van der Waals surface area contributed by atoms with Gasteiger partial charge in [0.2, 0.25) is 0 Å². The molecular formula is C12H14O5. The largest absolute Gasteiger partial charge is 0.458 e. The summed E-state index contributed by atoms with van der Waals surface area (Å²) in [5.41, 5.74) is 0. The molecule has 0 spiro atoms. The molecule has 2 aliphatic carbocycles. The normalized spacial score (nSPS) is 25.2. The predicted molar refractivity (Wildman–Crippen MR) is 59.1 cm³/mol. The van der Waals surface area contributed by atoms with E-state index < -0.39 is 11.6 Å². The van der Waals surface area contributed by atoms with Gasteiger partial charge in [-0.2, -0.15) is 0 Å². The summed E-state index contributed by atoms with van der Waals surface area (Å²) >= 11 is 0. The lowest BCUT2D eigenvalue weighted by Crippen LogP contribution is -2.26. The second kappa shape index (κ2) is 4.12. The Morgan fingerprint density at radius 1 is 0.824 bits per heavy atom. The topological polar surface area (TPSA) is 90.2 Å². The number of hydrogen-bond donors (Lipinski definition) is 4. The minimum Gasteiger partial charge on any atom is -0.458 e. The van der Waals surface area contributed by atoms with E-state index in [1.54, 1.807) is 12.2 Å². The van der Waals surface area contributed by atoms with Crippen molar-refractivity contribution < 1.29 is 25.2 Å². The second-order valence-corrected chi connectivity index (χ2v) is 4.15. The van der Waals surface area contributed by atoms with Crippen LogP contribution in [-0.2, 0) is 4.74 Å². The van der Waals surface area contributed by atoms with Gasteiger partial charge in [0.1, 0.15) is 11.5 Å². The molecule has 0 atom stereocenters. The Balaban J connectivity index is 1.97. The highest BCUT2D eigenvalue weighted by Crippen LogP contribution is 2.24. The molecule has 0 bridgehead atoms. The summed E-state index contributed by atoms with van der Waals surface area (Å²) in [7, 11) is 0. The van der Waals surface area contributed by atoms with Crippen LogP contribution in [-0.4, -0.2) is 32.0 Å². The molecule has 4 N–H and O–H groups in total. The molecule has 0 aromatic rings. The Morgan fingerprint density at radius 3 is 1.53 bits per heavy atom. The molecule has 2 rings (SSSR count). The zero-order valence-corrected chi connectivity index (χ0v) is 9.08. The Hall–Kier alpha value is -1.40. The summed E-state index contributed by atoms with van der Waals surface area (Å²) in [5, 5.41) is 37.0. The van der Waals surface area contributed by atoms with Crippen molar-refractivity contribution in [1.82, 2.24) is 0 Å². The Morgan fingerprint density at radius 2 is 1.24 bits per heavy atom. The molecule has 0 saturated carbocycles. The van der Waals surface area contributed by atoms with Crippen LogP contribution in [0.1, 0.15) is 12.8 Å². The van der Waals surface area contributed by atoms with E-state index in [-0.39, 0.29) is 12.8 Å². The van der Waals surface area contributed by atoms with Gasteiger partial charge in [0.25, 0.3) is 0 Å². The fourth-order valence-corrected chi connectivity index (χ4v) is 1.49. The highest BCUT2D eigenvalue weighted by Gasteiger charge is 2.23. The fourth-order valence-electron chi connectivity index (χ4n) is 1.49. The maximum Gasteiger partial charge on any atom is 0.186 e. The molecule has 5 heteroatoms. The van der Waals surface area contributed by atoms with Gasteiger partial charge in [0.15, 0.2) is 11.6 Å². The molecule has 0 unspecified atom stereocenters. The van der Waals surface area contributed by atoms with Gasteiger partial charge in [0, 0.05) is 12.8 Å². The predicted octanol–water partition coefficient (Wildman–Crippen LogP) is 0.0524. The molecule has 0 heterocycles. The van der Waals surface area contributed by atoms with Crippen molar-refractivity contribution in [2.24, 2.45) is 0 Å². The van der Waals surface area contributed by atoms with Crippen molar-refractivity contribution in [2.45, 2.75) is 24.4 Å². The molecular weight excluding hydrogens is 224 g/mol. The average Bonchev–Trinajstić information content (AvgIpc) is 2.24. The molecule has 0 saturated heterocycles. The highest BCUT2D eigenvalue weighted by molar-refractivity contribution is 5.27. The van der Waals surface area contributed by atoms with Gasteiger partial charge in [0.05, 0.1) is 0 Å². The van der Waals surface area contributed by atoms with Crippen LogP contribution in [0.25, 0.3) is 0 Å². The summed E-state index contributed by atoms with van der Waals surface area (Å²) < 4.78 is 5.42. The van der Waals surface area contributed by atoms with Crippen LogP contribution >= 0.6 is 0 Å². The maximum atomic E-state index is 9.24. The molecule has 0 radical (unpaired) electrons. The van der Waals surface area contributed by atoms with E-state index in [1.165, 1.54) is 24.3 Å². The lowest BCUT2D eigenvalue weighted by molar-refractivity contribution is -0.116. The summed E-state index contributed by atoms with van der Waals surface area (Å²) in [6, 6.07) is 0. The van der Waals surface area contributed by atoms with Gasteiger partial charge < -0.3 is 25.2 Å². The molecule has 2 aliphatic rings. The van der Waals surface area contributed by atoms with Crippen molar-refractivity contribution in [3.8, 4) is 0 Å². The molecule has 0 aromatic heterocycles. The van der Waals surface area contributed by atoms with Crippen LogP contribution in [0.2, 0.25) is 0 Å². The molecule has 0 aromatic carbocycles. The Bertz CT molecular complexity index is 386. The van der Waals surface area contributed by atoms with Gasteiger partial charge >= 0.3 is 0 Å². The van der Waals surface area contributed by atoms with E-state index in [4.69, 9.17) is 4.74 Å². The summed E-state index contributed by atoms with van der Waals surface area (Å²) in [6.45, 7) is 0. The summed E-state index contributed by atoms with van der Waals surface area (Å²) in [6.07, 6.45) is 8.59. The zero-order valence-electron chi connectivity index (χ0n) is 9.08. The van der Waals surface area contributed by atoms with Crippen LogP contribution in [0.3, 0.4) is 0 Å². The van der Waals surface area contributed by atoms with E-state index >= 15 is 0 Å². The molecule has 92 valence electrons. The lowest BCUT2D eigenvalue weighted by Gasteiger charge is -2.22. The minimum absolute atomic E-state index is 0.0553. The minimum atomic E-state index is -1.81. The van der Waals surface area contributed by atoms with Crippen molar-refractivity contribution in [2.75, 3.05) is 0 Å². The van der Waals surface area contributed by atoms with E-state index in [9.17, 15) is 20.4 Å². The van der Waals surface area contributed by atoms with Crippen molar-refractivity contribution in [3.05, 3.63) is 48.0 Å². The standard InChI is InChI=1S/C12H14O5/c13-11(14)5-1-9(2-6-11)17-10-3-7-12(15,16)8-4-10/h1-5,7,13-16H,6,8H2. The van der Waals surface area contributed by atoms with Gasteiger partial charge in [-0.05, 0) is 36.5 Å². The highest BCUT2D eigenvalue weighted by atomic mass is 16.5. The summed E-state index contributed by atoms with van der Waals surface area (Å²) in [4.78, 5) is 0. The van der Waals surface area contributed by atoms with Crippen LogP contribution in [0.5, 0.6) is 0 Å². The van der Waals surface area contributed by atoms with Crippen LogP contribution < -0.4 is 0 Å². The van der Waals surface area contributed by atoms with Crippen molar-refractivity contribution in [1.29, 1.82) is 0 Å². The second-order valence-electron chi connectivity index (χ2n) is 4.15. The smallest absolute Gasteiger partial charge is 0.186 e. The Labute approximate surface area is 98.3 Å². The number of allylic oxidation sites excluding steroid dienone is 2. The molecule has 0 amide bonds. The fraction of sp³-hybridized carbons (Fsp3) is 0.333. The third-order valence-electron chi connectivity index (χ3n) is 2.47. The third-order valence-corrected chi connectivity index (χ3v) is 2.47. The number of hydrogen-bond acceptors (Lipinski definition) is 5. The van der Waals surface area contributed by atoms with Gasteiger partial charge in [-0.15, -0.1) is 0 Å². The average molecular weight is 238 g/mol. The molecule has 0 fully saturated rings. The van der Waals surface area contributed by atoms with Crippen LogP contribution in [0, 0.1) is 0 Å². The summed E-state index contributed by atoms with van der Waals surface area (Å²) in [5.74, 6) is -2.64. The molecule has 0 aliphatic heterocycles. The first kappa shape index (κ1) is 12.1. The Kier molecular flexibility index (Phi) is 2.92. The van der Waals surface area contributed by atoms with Crippen LogP contribution in [0.4, 0.5) is 0 Å². The number of aliphatic hydroxyl groups is 4. The van der Waals surface area contributed by atoms with Crippen molar-refractivity contribution in [3.63, 3.8) is 0 Å². The molecule has 17 heavy (non-hydrogen) atoms. The zero-order chi connectivity index (χ0) is 12.5. The first-order valence-electron chi connectivity index (χ1n) is 5.22. The van der Waals surface area contributed by atoms with Gasteiger partial charge in [-0.25, -0.2) is 0 Å². The quantitative estimate of drug-likeness (QED) is 0.510. The third kappa shape index (κ3) is 3.28. The van der Waals surface area contributed by atoms with Crippen LogP contribution in [0.15, 0.2) is 48.0 Å². The number of rotatable bonds is 2. The first-order valence-corrected chi connectivity index (χ1v) is 5.22. The monoisotopic (exact) mass is 238 g/mol. The van der Waals surface area contributed by atoms with Gasteiger partial charge in [-0.1, -0.05) is 0 Å². The number of ether oxygens (including phenoxy) is 1. The van der Waals surface area contributed by atoms with E-state index in [0.29, 0.717) is 11.5 Å². The van der Waals surface area contributed by atoms with Crippen molar-refractivity contribution >= 4 is 0 Å². The lowest BCUT2D eigenvalue weighted by atomic mass is 10.1. The SMILES string of the molecule is OC1(O)C=CC(OC2=CCC(O)(O)C=C2)=CC1. The van der Waals surface area contributed by atoms with E-state index in [2.05, 4.69) is 0 Å². The maximum absolute atomic E-state index is 9.24. The van der Waals surface area contributed by atoms with Gasteiger partial charge in [-0.3, -0.25) is 0 Å². The van der Waals surface area contributed by atoms with E-state index in [0.717, 1.165) is 0 Å². The molecule has 5 nitrogen and oxygen atoms in total. The first-order chi connectivity index (χ1) is 7.86.